The average Bonchev–Trinajstić information content (AvgIpc) is 2.70. The Balaban J connectivity index is 1.86. The number of methoxy groups -OCH3 is 1. The third kappa shape index (κ3) is 6.58. The van der Waals surface area contributed by atoms with Gasteiger partial charge < -0.3 is 10.1 Å². The van der Waals surface area contributed by atoms with Gasteiger partial charge in [0.25, 0.3) is 11.6 Å². The second-order valence-electron chi connectivity index (χ2n) is 6.01. The molecule has 0 aliphatic carbocycles. The number of nitro benzene ring substituents is 1. The highest BCUT2D eigenvalue weighted by Crippen LogP contribution is 2.22. The van der Waals surface area contributed by atoms with Crippen molar-refractivity contribution in [1.29, 1.82) is 0 Å². The molecule has 0 radical (unpaired) electrons. The molecular formula is C19H19ClN4O5. The Labute approximate surface area is 171 Å². The second-order valence-corrected chi connectivity index (χ2v) is 6.42. The number of ether oxygens (including phenoxy) is 1. The summed E-state index contributed by atoms with van der Waals surface area (Å²) in [6.07, 6.45) is -0.00950. The molecule has 0 saturated carbocycles. The Kier molecular flexibility index (Phi) is 7.67. The lowest BCUT2D eigenvalue weighted by molar-refractivity contribution is -0.384. The summed E-state index contributed by atoms with van der Waals surface area (Å²) in [6.45, 7) is 1.94. The molecule has 0 aliphatic heterocycles. The van der Waals surface area contributed by atoms with Crippen LogP contribution >= 0.6 is 11.6 Å². The summed E-state index contributed by atoms with van der Waals surface area (Å²) in [5.74, 6) is -0.167. The molecule has 0 spiro atoms. The molecule has 0 heterocycles. The molecule has 0 atom stereocenters. The highest BCUT2D eigenvalue weighted by atomic mass is 35.5. The van der Waals surface area contributed by atoms with Gasteiger partial charge in [-0.25, -0.2) is 5.43 Å². The number of rotatable bonds is 8. The number of hydrogen-bond donors (Lipinski definition) is 2. The van der Waals surface area contributed by atoms with Crippen LogP contribution in [0.1, 0.15) is 29.3 Å². The van der Waals surface area contributed by atoms with Gasteiger partial charge in [-0.3, -0.25) is 19.7 Å². The minimum Gasteiger partial charge on any atom is -0.497 e. The summed E-state index contributed by atoms with van der Waals surface area (Å²) in [5, 5.41) is 17.3. The molecule has 10 heteroatoms. The zero-order chi connectivity index (χ0) is 21.4. The van der Waals surface area contributed by atoms with Crippen LogP contribution < -0.4 is 15.5 Å². The van der Waals surface area contributed by atoms with E-state index in [1.165, 1.54) is 12.1 Å². The topological polar surface area (TPSA) is 123 Å². The lowest BCUT2D eigenvalue weighted by Crippen LogP contribution is -2.26. The number of amides is 2. The van der Waals surface area contributed by atoms with E-state index in [-0.39, 0.29) is 28.6 Å². The van der Waals surface area contributed by atoms with Gasteiger partial charge in [0, 0.05) is 24.4 Å². The molecule has 29 heavy (non-hydrogen) atoms. The molecule has 152 valence electrons. The first-order chi connectivity index (χ1) is 13.8. The van der Waals surface area contributed by atoms with Crippen molar-refractivity contribution in [3.63, 3.8) is 0 Å². The van der Waals surface area contributed by atoms with Gasteiger partial charge in [0.1, 0.15) is 5.75 Å². The Bertz CT molecular complexity index is 944. The number of hydrazone groups is 1. The minimum atomic E-state index is -0.636. The fourth-order valence-electron chi connectivity index (χ4n) is 2.29. The van der Waals surface area contributed by atoms with Crippen molar-refractivity contribution in [1.82, 2.24) is 10.7 Å². The summed E-state index contributed by atoms with van der Waals surface area (Å²) in [4.78, 5) is 34.2. The predicted molar refractivity (Wildman–Crippen MR) is 108 cm³/mol. The maximum atomic E-state index is 12.1. The summed E-state index contributed by atoms with van der Waals surface area (Å²) in [7, 11) is 1.58. The van der Waals surface area contributed by atoms with Gasteiger partial charge in [-0.1, -0.05) is 23.7 Å². The van der Waals surface area contributed by atoms with Crippen LogP contribution in [0.4, 0.5) is 5.69 Å². The third-order valence-electron chi connectivity index (χ3n) is 3.82. The maximum absolute atomic E-state index is 12.1. The van der Waals surface area contributed by atoms with Gasteiger partial charge >= 0.3 is 0 Å². The van der Waals surface area contributed by atoms with Crippen molar-refractivity contribution in [3.05, 3.63) is 68.7 Å². The van der Waals surface area contributed by atoms with E-state index in [4.69, 9.17) is 16.3 Å². The second kappa shape index (κ2) is 10.2. The summed E-state index contributed by atoms with van der Waals surface area (Å²) in [6, 6.07) is 10.8. The molecule has 2 rings (SSSR count). The van der Waals surface area contributed by atoms with Crippen LogP contribution in [0.15, 0.2) is 47.6 Å². The van der Waals surface area contributed by atoms with Gasteiger partial charge in [0.2, 0.25) is 5.91 Å². The number of nitrogens with one attached hydrogen (secondary N) is 2. The number of nitrogens with zero attached hydrogens (tertiary/aromatic N) is 2. The molecule has 0 bridgehead atoms. The van der Waals surface area contributed by atoms with Crippen molar-refractivity contribution >= 4 is 34.8 Å². The van der Waals surface area contributed by atoms with Crippen molar-refractivity contribution < 1.29 is 19.2 Å². The van der Waals surface area contributed by atoms with Gasteiger partial charge in [-0.15, -0.1) is 0 Å². The Morgan fingerprint density at radius 3 is 2.48 bits per heavy atom. The molecule has 2 N–H and O–H groups in total. The van der Waals surface area contributed by atoms with Gasteiger partial charge in [-0.05, 0) is 30.7 Å². The number of benzene rings is 2. The third-order valence-corrected chi connectivity index (χ3v) is 4.13. The molecule has 2 amide bonds. The molecule has 0 aliphatic rings. The standard InChI is InChI=1S/C19H19ClN4O5/c1-12(9-18(25)21-11-13-3-6-15(29-2)7-4-13)22-23-19(26)16-8-5-14(24(27)28)10-17(16)20/h3-8,10H,9,11H2,1-2H3,(H,21,25)(H,23,26)/b22-12+. The monoisotopic (exact) mass is 418 g/mol. The normalized spacial score (nSPS) is 10.9. The molecular weight excluding hydrogens is 400 g/mol. The first-order valence-electron chi connectivity index (χ1n) is 8.47. The number of carbonyl (C=O) groups excluding carboxylic acids is 2. The number of carbonyl (C=O) groups is 2. The first-order valence-corrected chi connectivity index (χ1v) is 8.85. The quantitative estimate of drug-likeness (QED) is 0.387. The van der Waals surface area contributed by atoms with E-state index in [9.17, 15) is 19.7 Å². The Morgan fingerprint density at radius 1 is 1.21 bits per heavy atom. The predicted octanol–water partition coefficient (Wildman–Crippen LogP) is 3.07. The van der Waals surface area contributed by atoms with Crippen LogP contribution in [0, 0.1) is 10.1 Å². The first kappa shape index (κ1) is 21.8. The largest absolute Gasteiger partial charge is 0.497 e. The van der Waals surface area contributed by atoms with Crippen molar-refractivity contribution in [2.45, 2.75) is 19.9 Å². The molecule has 2 aromatic rings. The van der Waals surface area contributed by atoms with E-state index < -0.39 is 10.8 Å². The lowest BCUT2D eigenvalue weighted by atomic mass is 10.2. The van der Waals surface area contributed by atoms with Crippen LogP contribution in [0.25, 0.3) is 0 Å². The zero-order valence-electron chi connectivity index (χ0n) is 15.8. The van der Waals surface area contributed by atoms with Gasteiger partial charge in [-0.2, -0.15) is 5.10 Å². The lowest BCUT2D eigenvalue weighted by Gasteiger charge is -2.07. The average molecular weight is 419 g/mol. The summed E-state index contributed by atoms with van der Waals surface area (Å²) in [5.41, 5.74) is 3.39. The van der Waals surface area contributed by atoms with E-state index in [1.807, 2.05) is 12.1 Å². The zero-order valence-corrected chi connectivity index (χ0v) is 16.5. The van der Waals surface area contributed by atoms with Crippen LogP contribution in [-0.2, 0) is 11.3 Å². The van der Waals surface area contributed by atoms with E-state index in [0.29, 0.717) is 12.3 Å². The highest BCUT2D eigenvalue weighted by Gasteiger charge is 2.15. The van der Waals surface area contributed by atoms with Crippen LogP contribution in [-0.4, -0.2) is 29.6 Å². The minimum absolute atomic E-state index is 0.00950. The van der Waals surface area contributed by atoms with Crippen molar-refractivity contribution in [3.8, 4) is 5.75 Å². The number of nitro groups is 1. The van der Waals surface area contributed by atoms with E-state index in [0.717, 1.165) is 17.4 Å². The Hall–Kier alpha value is -3.46. The number of non-ortho nitro benzene ring substituents is 1. The highest BCUT2D eigenvalue weighted by molar-refractivity contribution is 6.34. The van der Waals surface area contributed by atoms with E-state index >= 15 is 0 Å². The number of halogens is 1. The van der Waals surface area contributed by atoms with Crippen LogP contribution in [0.3, 0.4) is 0 Å². The number of hydrogen-bond acceptors (Lipinski definition) is 6. The molecule has 0 unspecified atom stereocenters. The SMILES string of the molecule is COc1ccc(CNC(=O)C/C(C)=N/NC(=O)c2ccc([N+](=O)[O-])cc2Cl)cc1. The smallest absolute Gasteiger partial charge is 0.272 e. The summed E-state index contributed by atoms with van der Waals surface area (Å²) >= 11 is 5.90. The molecule has 9 nitrogen and oxygen atoms in total. The van der Waals surface area contributed by atoms with Crippen molar-refractivity contribution in [2.24, 2.45) is 5.10 Å². The van der Waals surface area contributed by atoms with Crippen LogP contribution in [0.5, 0.6) is 5.75 Å². The molecule has 2 aromatic carbocycles. The fraction of sp³-hybridized carbons (Fsp3) is 0.211. The van der Waals surface area contributed by atoms with Crippen molar-refractivity contribution in [2.75, 3.05) is 7.11 Å². The summed E-state index contributed by atoms with van der Waals surface area (Å²) < 4.78 is 5.07. The molecule has 0 aromatic heterocycles. The van der Waals surface area contributed by atoms with E-state index in [2.05, 4.69) is 15.8 Å². The van der Waals surface area contributed by atoms with Crippen LogP contribution in [0.2, 0.25) is 5.02 Å². The van der Waals surface area contributed by atoms with E-state index in [1.54, 1.807) is 26.2 Å². The van der Waals surface area contributed by atoms with Gasteiger partial charge in [0.15, 0.2) is 0 Å². The van der Waals surface area contributed by atoms with Gasteiger partial charge in [0.05, 0.1) is 29.0 Å². The maximum Gasteiger partial charge on any atom is 0.272 e. The molecule has 0 saturated heterocycles. The molecule has 0 fully saturated rings. The Morgan fingerprint density at radius 2 is 1.90 bits per heavy atom. The fourth-order valence-corrected chi connectivity index (χ4v) is 2.55.